The van der Waals surface area contributed by atoms with Gasteiger partial charge in [-0.2, -0.15) is 0 Å². The van der Waals surface area contributed by atoms with Crippen molar-refractivity contribution in [1.29, 1.82) is 0 Å². The Kier molecular flexibility index (Phi) is 6.77. The number of hydrogen-bond acceptors (Lipinski definition) is 3. The molecule has 0 aromatic heterocycles. The molecule has 0 fully saturated rings. The van der Waals surface area contributed by atoms with Gasteiger partial charge >= 0.3 is 5.97 Å². The molecule has 0 saturated heterocycles. The Morgan fingerprint density at radius 3 is 2.75 bits per heavy atom. The van der Waals surface area contributed by atoms with Crippen LogP contribution >= 0.6 is 12.4 Å². The number of halogens is 1. The molecular formula is C12H18ClNO2. The summed E-state index contributed by atoms with van der Waals surface area (Å²) in [4.78, 5) is 11.5. The average molecular weight is 244 g/mol. The second-order valence-corrected chi connectivity index (χ2v) is 3.36. The maximum absolute atomic E-state index is 11.5. The van der Waals surface area contributed by atoms with Gasteiger partial charge in [-0.1, -0.05) is 12.1 Å². The Balaban J connectivity index is 0.00000225. The zero-order valence-electron chi connectivity index (χ0n) is 9.82. The summed E-state index contributed by atoms with van der Waals surface area (Å²) < 4.78 is 4.94. The number of nitrogens with one attached hydrogen (secondary N) is 1. The molecule has 90 valence electrons. The summed E-state index contributed by atoms with van der Waals surface area (Å²) in [6, 6.07) is 7.72. The molecule has 0 aliphatic carbocycles. The third-order valence-electron chi connectivity index (χ3n) is 2.33. The van der Waals surface area contributed by atoms with E-state index in [1.165, 1.54) is 0 Å². The number of ether oxygens (including phenoxy) is 1. The standard InChI is InChI=1S/C12H17NO2.ClH/c1-4-15-12(14)11-7-5-6-10(8-11)9(2)13-3;/h5-9,13H,4H2,1-3H3;1H. The molecule has 0 amide bonds. The van der Waals surface area contributed by atoms with Crippen LogP contribution in [0.25, 0.3) is 0 Å². The molecule has 0 aliphatic rings. The van der Waals surface area contributed by atoms with Crippen LogP contribution in [-0.4, -0.2) is 19.6 Å². The Hall–Kier alpha value is -1.06. The Bertz CT molecular complexity index is 342. The molecule has 0 spiro atoms. The molecule has 1 N–H and O–H groups in total. The van der Waals surface area contributed by atoms with Crippen molar-refractivity contribution in [2.24, 2.45) is 0 Å². The molecule has 0 heterocycles. The van der Waals surface area contributed by atoms with Gasteiger partial charge in [0.05, 0.1) is 12.2 Å². The number of hydrogen-bond donors (Lipinski definition) is 1. The van der Waals surface area contributed by atoms with E-state index in [0.29, 0.717) is 12.2 Å². The molecule has 4 heteroatoms. The highest BCUT2D eigenvalue weighted by atomic mass is 35.5. The summed E-state index contributed by atoms with van der Waals surface area (Å²) in [5, 5.41) is 3.13. The van der Waals surface area contributed by atoms with Crippen molar-refractivity contribution in [2.45, 2.75) is 19.9 Å². The van der Waals surface area contributed by atoms with Crippen molar-refractivity contribution in [3.8, 4) is 0 Å². The normalized spacial score (nSPS) is 11.4. The van der Waals surface area contributed by atoms with Gasteiger partial charge in [0.1, 0.15) is 0 Å². The quantitative estimate of drug-likeness (QED) is 0.826. The average Bonchev–Trinajstić information content (AvgIpc) is 2.28. The first-order chi connectivity index (χ1) is 7.19. The highest BCUT2D eigenvalue weighted by Crippen LogP contribution is 2.14. The maximum atomic E-state index is 11.5. The molecule has 1 atom stereocenters. The largest absolute Gasteiger partial charge is 0.462 e. The molecule has 0 saturated carbocycles. The summed E-state index contributed by atoms with van der Waals surface area (Å²) in [5.74, 6) is -0.261. The summed E-state index contributed by atoms with van der Waals surface area (Å²) in [6.45, 7) is 4.26. The highest BCUT2D eigenvalue weighted by molar-refractivity contribution is 5.89. The second kappa shape index (κ2) is 7.25. The van der Waals surface area contributed by atoms with Gasteiger partial charge in [-0.25, -0.2) is 4.79 Å². The van der Waals surface area contributed by atoms with Crippen LogP contribution in [0.2, 0.25) is 0 Å². The Morgan fingerprint density at radius 1 is 1.50 bits per heavy atom. The molecule has 0 bridgehead atoms. The van der Waals surface area contributed by atoms with Crippen molar-refractivity contribution in [2.75, 3.05) is 13.7 Å². The lowest BCUT2D eigenvalue weighted by molar-refractivity contribution is 0.0526. The molecule has 1 aromatic carbocycles. The first-order valence-electron chi connectivity index (χ1n) is 5.13. The van der Waals surface area contributed by atoms with Crippen molar-refractivity contribution >= 4 is 18.4 Å². The van der Waals surface area contributed by atoms with Crippen molar-refractivity contribution in [3.05, 3.63) is 35.4 Å². The topological polar surface area (TPSA) is 38.3 Å². The summed E-state index contributed by atoms with van der Waals surface area (Å²) in [6.07, 6.45) is 0. The number of carbonyl (C=O) groups is 1. The Labute approximate surface area is 103 Å². The van der Waals surface area contributed by atoms with Crippen LogP contribution < -0.4 is 5.32 Å². The lowest BCUT2D eigenvalue weighted by Crippen LogP contribution is -2.13. The van der Waals surface area contributed by atoms with Gasteiger partial charge in [0, 0.05) is 6.04 Å². The predicted octanol–water partition coefficient (Wildman–Crippen LogP) is 2.57. The molecule has 1 rings (SSSR count). The van der Waals surface area contributed by atoms with Gasteiger partial charge in [0.25, 0.3) is 0 Å². The molecular weight excluding hydrogens is 226 g/mol. The fourth-order valence-corrected chi connectivity index (χ4v) is 1.32. The summed E-state index contributed by atoms with van der Waals surface area (Å²) >= 11 is 0. The number of benzene rings is 1. The fourth-order valence-electron chi connectivity index (χ4n) is 1.32. The van der Waals surface area contributed by atoms with Crippen LogP contribution in [-0.2, 0) is 4.74 Å². The van der Waals surface area contributed by atoms with Crippen molar-refractivity contribution in [1.82, 2.24) is 5.32 Å². The van der Waals surface area contributed by atoms with Gasteiger partial charge in [-0.15, -0.1) is 12.4 Å². The van der Waals surface area contributed by atoms with Crippen LogP contribution in [0, 0.1) is 0 Å². The van der Waals surface area contributed by atoms with E-state index in [-0.39, 0.29) is 24.4 Å². The minimum absolute atomic E-state index is 0. The lowest BCUT2D eigenvalue weighted by atomic mass is 10.1. The highest BCUT2D eigenvalue weighted by Gasteiger charge is 2.08. The molecule has 0 radical (unpaired) electrons. The zero-order valence-corrected chi connectivity index (χ0v) is 10.6. The molecule has 3 nitrogen and oxygen atoms in total. The molecule has 0 aliphatic heterocycles. The predicted molar refractivity (Wildman–Crippen MR) is 67.1 cm³/mol. The van der Waals surface area contributed by atoms with E-state index in [0.717, 1.165) is 5.56 Å². The molecule has 16 heavy (non-hydrogen) atoms. The molecule has 1 unspecified atom stereocenters. The first kappa shape index (κ1) is 14.9. The third kappa shape index (κ3) is 3.83. The maximum Gasteiger partial charge on any atom is 0.338 e. The monoisotopic (exact) mass is 243 g/mol. The Morgan fingerprint density at radius 2 is 2.19 bits per heavy atom. The van der Waals surface area contributed by atoms with E-state index in [1.807, 2.05) is 32.2 Å². The summed E-state index contributed by atoms with van der Waals surface area (Å²) in [7, 11) is 1.89. The smallest absolute Gasteiger partial charge is 0.338 e. The second-order valence-electron chi connectivity index (χ2n) is 3.36. The van der Waals surface area contributed by atoms with Gasteiger partial charge in [0.2, 0.25) is 0 Å². The third-order valence-corrected chi connectivity index (χ3v) is 2.33. The zero-order chi connectivity index (χ0) is 11.3. The minimum Gasteiger partial charge on any atom is -0.462 e. The fraction of sp³-hybridized carbons (Fsp3) is 0.417. The van der Waals surface area contributed by atoms with E-state index in [1.54, 1.807) is 13.0 Å². The van der Waals surface area contributed by atoms with Crippen LogP contribution in [0.4, 0.5) is 0 Å². The minimum atomic E-state index is -0.261. The lowest BCUT2D eigenvalue weighted by Gasteiger charge is -2.11. The molecule has 1 aromatic rings. The SMILES string of the molecule is CCOC(=O)c1cccc(C(C)NC)c1.Cl. The van der Waals surface area contributed by atoms with E-state index in [9.17, 15) is 4.79 Å². The number of esters is 1. The van der Waals surface area contributed by atoms with Gasteiger partial charge in [0.15, 0.2) is 0 Å². The van der Waals surface area contributed by atoms with Gasteiger partial charge in [-0.3, -0.25) is 0 Å². The van der Waals surface area contributed by atoms with Gasteiger partial charge < -0.3 is 10.1 Å². The van der Waals surface area contributed by atoms with Crippen LogP contribution in [0.3, 0.4) is 0 Å². The van der Waals surface area contributed by atoms with Crippen molar-refractivity contribution in [3.63, 3.8) is 0 Å². The van der Waals surface area contributed by atoms with Crippen molar-refractivity contribution < 1.29 is 9.53 Å². The number of carbonyl (C=O) groups excluding carboxylic acids is 1. The van der Waals surface area contributed by atoms with Crippen LogP contribution in [0.5, 0.6) is 0 Å². The first-order valence-corrected chi connectivity index (χ1v) is 5.13. The number of rotatable bonds is 4. The van der Waals surface area contributed by atoms with E-state index in [2.05, 4.69) is 5.32 Å². The van der Waals surface area contributed by atoms with E-state index < -0.39 is 0 Å². The summed E-state index contributed by atoms with van der Waals surface area (Å²) in [5.41, 5.74) is 1.69. The van der Waals surface area contributed by atoms with E-state index >= 15 is 0 Å². The van der Waals surface area contributed by atoms with Gasteiger partial charge in [-0.05, 0) is 38.6 Å². The van der Waals surface area contributed by atoms with Crippen LogP contribution in [0.15, 0.2) is 24.3 Å². The van der Waals surface area contributed by atoms with Crippen LogP contribution in [0.1, 0.15) is 35.8 Å². The van der Waals surface area contributed by atoms with E-state index in [4.69, 9.17) is 4.74 Å².